The van der Waals surface area contributed by atoms with Crippen LogP contribution in [0.15, 0.2) is 24.3 Å². The highest BCUT2D eigenvalue weighted by atomic mass is 15.2. The van der Waals surface area contributed by atoms with Gasteiger partial charge in [-0.3, -0.25) is 5.10 Å². The van der Waals surface area contributed by atoms with Gasteiger partial charge in [-0.15, -0.1) is 0 Å². The van der Waals surface area contributed by atoms with Crippen molar-refractivity contribution in [3.05, 3.63) is 30.1 Å². The van der Waals surface area contributed by atoms with Crippen molar-refractivity contribution in [3.63, 3.8) is 0 Å². The molecule has 106 valence electrons. The first-order valence-corrected chi connectivity index (χ1v) is 7.44. The summed E-state index contributed by atoms with van der Waals surface area (Å²) in [7, 11) is 4.09. The molecular formula is C16H22N4. The van der Waals surface area contributed by atoms with E-state index in [0.717, 1.165) is 17.2 Å². The Morgan fingerprint density at radius 3 is 2.70 bits per heavy atom. The van der Waals surface area contributed by atoms with E-state index in [0.29, 0.717) is 5.92 Å². The largest absolute Gasteiger partial charge is 0.378 e. The molecule has 1 fully saturated rings. The van der Waals surface area contributed by atoms with E-state index in [2.05, 4.69) is 39.4 Å². The molecule has 0 saturated heterocycles. The fourth-order valence-electron chi connectivity index (χ4n) is 2.89. The minimum Gasteiger partial charge on any atom is -0.378 e. The predicted octanol–water partition coefficient (Wildman–Crippen LogP) is 3.59. The maximum absolute atomic E-state index is 4.72. The van der Waals surface area contributed by atoms with Crippen LogP contribution in [-0.2, 0) is 0 Å². The second kappa shape index (κ2) is 5.65. The second-order valence-corrected chi connectivity index (χ2v) is 5.82. The van der Waals surface area contributed by atoms with Gasteiger partial charge in [0.1, 0.15) is 5.82 Å². The molecule has 4 heteroatoms. The molecule has 0 atom stereocenters. The molecule has 0 unspecified atom stereocenters. The van der Waals surface area contributed by atoms with Crippen LogP contribution in [0.3, 0.4) is 0 Å². The average Bonchev–Trinajstić information content (AvgIpc) is 2.98. The molecule has 20 heavy (non-hydrogen) atoms. The van der Waals surface area contributed by atoms with Crippen molar-refractivity contribution < 1.29 is 0 Å². The zero-order chi connectivity index (χ0) is 13.9. The van der Waals surface area contributed by atoms with E-state index in [1.165, 1.54) is 37.8 Å². The van der Waals surface area contributed by atoms with Crippen molar-refractivity contribution in [3.8, 4) is 11.4 Å². The highest BCUT2D eigenvalue weighted by molar-refractivity contribution is 5.62. The molecule has 1 aromatic heterocycles. The highest BCUT2D eigenvalue weighted by Crippen LogP contribution is 2.31. The standard InChI is InChI=1S/C16H22N4/c1-20(2)14-10-6-9-13(11-14)16-17-15(18-19-16)12-7-4-3-5-8-12/h6,9-12H,3-5,7-8H2,1-2H3,(H,17,18,19). The van der Waals surface area contributed by atoms with Crippen molar-refractivity contribution in [2.45, 2.75) is 38.0 Å². The molecule has 0 aliphatic heterocycles. The third kappa shape index (κ3) is 2.69. The third-order valence-electron chi connectivity index (χ3n) is 4.12. The zero-order valence-corrected chi connectivity index (χ0v) is 12.3. The molecule has 1 saturated carbocycles. The van der Waals surface area contributed by atoms with Gasteiger partial charge in [-0.1, -0.05) is 31.4 Å². The number of aromatic amines is 1. The Bertz CT molecular complexity index is 567. The number of anilines is 1. The summed E-state index contributed by atoms with van der Waals surface area (Å²) in [4.78, 5) is 6.81. The van der Waals surface area contributed by atoms with Crippen molar-refractivity contribution in [2.75, 3.05) is 19.0 Å². The monoisotopic (exact) mass is 270 g/mol. The number of aromatic nitrogens is 3. The number of nitrogens with one attached hydrogen (secondary N) is 1. The lowest BCUT2D eigenvalue weighted by Gasteiger charge is -2.18. The maximum atomic E-state index is 4.72. The summed E-state index contributed by atoms with van der Waals surface area (Å²) in [5, 5.41) is 7.56. The maximum Gasteiger partial charge on any atom is 0.181 e. The normalized spacial score (nSPS) is 16.3. The van der Waals surface area contributed by atoms with Gasteiger partial charge in [0.25, 0.3) is 0 Å². The van der Waals surface area contributed by atoms with Gasteiger partial charge < -0.3 is 4.90 Å². The highest BCUT2D eigenvalue weighted by Gasteiger charge is 2.19. The summed E-state index contributed by atoms with van der Waals surface area (Å²) in [6, 6.07) is 8.36. The van der Waals surface area contributed by atoms with Gasteiger partial charge >= 0.3 is 0 Å². The molecule has 1 aliphatic rings. The molecule has 1 heterocycles. The molecule has 4 nitrogen and oxygen atoms in total. The Hall–Kier alpha value is -1.84. The van der Waals surface area contributed by atoms with Crippen LogP contribution in [0.4, 0.5) is 5.69 Å². The van der Waals surface area contributed by atoms with Crippen molar-refractivity contribution in [1.29, 1.82) is 0 Å². The number of H-pyrrole nitrogens is 1. The Morgan fingerprint density at radius 1 is 1.15 bits per heavy atom. The third-order valence-corrected chi connectivity index (χ3v) is 4.12. The summed E-state index contributed by atoms with van der Waals surface area (Å²) in [6.45, 7) is 0. The van der Waals surface area contributed by atoms with Crippen LogP contribution >= 0.6 is 0 Å². The van der Waals surface area contributed by atoms with E-state index >= 15 is 0 Å². The van der Waals surface area contributed by atoms with Crippen LogP contribution in [0.2, 0.25) is 0 Å². The van der Waals surface area contributed by atoms with Crippen LogP contribution in [0.1, 0.15) is 43.8 Å². The van der Waals surface area contributed by atoms with Gasteiger partial charge in [0, 0.05) is 31.3 Å². The lowest BCUT2D eigenvalue weighted by atomic mass is 9.89. The Kier molecular flexibility index (Phi) is 3.72. The molecular weight excluding hydrogens is 248 g/mol. The van der Waals surface area contributed by atoms with Gasteiger partial charge in [0.15, 0.2) is 5.82 Å². The number of nitrogens with zero attached hydrogens (tertiary/aromatic N) is 3. The van der Waals surface area contributed by atoms with Gasteiger partial charge in [0.05, 0.1) is 0 Å². The Morgan fingerprint density at radius 2 is 1.95 bits per heavy atom. The summed E-state index contributed by atoms with van der Waals surface area (Å²) in [5.74, 6) is 2.45. The van der Waals surface area contributed by atoms with Gasteiger partial charge in [0.2, 0.25) is 0 Å². The van der Waals surface area contributed by atoms with Crippen molar-refractivity contribution in [2.24, 2.45) is 0 Å². The van der Waals surface area contributed by atoms with E-state index in [9.17, 15) is 0 Å². The summed E-state index contributed by atoms with van der Waals surface area (Å²) < 4.78 is 0. The molecule has 0 amide bonds. The number of hydrogen-bond acceptors (Lipinski definition) is 3. The van der Waals surface area contributed by atoms with E-state index in [-0.39, 0.29) is 0 Å². The topological polar surface area (TPSA) is 44.8 Å². The molecule has 0 radical (unpaired) electrons. The number of hydrogen-bond donors (Lipinski definition) is 1. The van der Waals surface area contributed by atoms with E-state index in [1.807, 2.05) is 14.1 Å². The quantitative estimate of drug-likeness (QED) is 0.927. The Labute approximate surface area is 120 Å². The van der Waals surface area contributed by atoms with Crippen LogP contribution in [0.5, 0.6) is 0 Å². The predicted molar refractivity (Wildman–Crippen MR) is 82.0 cm³/mol. The number of rotatable bonds is 3. The smallest absolute Gasteiger partial charge is 0.181 e. The van der Waals surface area contributed by atoms with Gasteiger partial charge in [-0.2, -0.15) is 5.10 Å². The van der Waals surface area contributed by atoms with Crippen LogP contribution in [0, 0.1) is 0 Å². The minimum absolute atomic E-state index is 0.571. The van der Waals surface area contributed by atoms with Gasteiger partial charge in [-0.05, 0) is 25.0 Å². The van der Waals surface area contributed by atoms with E-state index in [1.54, 1.807) is 0 Å². The lowest BCUT2D eigenvalue weighted by molar-refractivity contribution is 0.429. The van der Waals surface area contributed by atoms with E-state index in [4.69, 9.17) is 4.98 Å². The molecule has 0 bridgehead atoms. The first-order chi connectivity index (χ1) is 9.74. The second-order valence-electron chi connectivity index (χ2n) is 5.82. The van der Waals surface area contributed by atoms with E-state index < -0.39 is 0 Å². The fourth-order valence-corrected chi connectivity index (χ4v) is 2.89. The molecule has 1 N–H and O–H groups in total. The minimum atomic E-state index is 0.571. The lowest BCUT2D eigenvalue weighted by Crippen LogP contribution is -2.08. The molecule has 1 aromatic carbocycles. The fraction of sp³-hybridized carbons (Fsp3) is 0.500. The van der Waals surface area contributed by atoms with Crippen LogP contribution in [0.25, 0.3) is 11.4 Å². The molecule has 0 spiro atoms. The summed E-state index contributed by atoms with van der Waals surface area (Å²) in [5.41, 5.74) is 2.25. The first-order valence-electron chi connectivity index (χ1n) is 7.44. The SMILES string of the molecule is CN(C)c1cccc(-c2n[nH]c(C3CCCCC3)n2)c1. The van der Waals surface area contributed by atoms with Crippen LogP contribution < -0.4 is 4.90 Å². The zero-order valence-electron chi connectivity index (χ0n) is 12.3. The van der Waals surface area contributed by atoms with Crippen molar-refractivity contribution >= 4 is 5.69 Å². The molecule has 3 rings (SSSR count). The van der Waals surface area contributed by atoms with Crippen LogP contribution in [-0.4, -0.2) is 29.3 Å². The molecule has 1 aliphatic carbocycles. The van der Waals surface area contributed by atoms with Crippen molar-refractivity contribution in [1.82, 2.24) is 15.2 Å². The average molecular weight is 270 g/mol. The summed E-state index contributed by atoms with van der Waals surface area (Å²) >= 11 is 0. The van der Waals surface area contributed by atoms with Gasteiger partial charge in [-0.25, -0.2) is 4.98 Å². The first kappa shape index (κ1) is 13.2. The number of benzene rings is 1. The Balaban J connectivity index is 1.84. The summed E-state index contributed by atoms with van der Waals surface area (Å²) in [6.07, 6.45) is 6.48. The molecule has 2 aromatic rings.